The van der Waals surface area contributed by atoms with Crippen LogP contribution in [0.5, 0.6) is 0 Å². The molecular formula is C14H18N2S. The highest BCUT2D eigenvalue weighted by Gasteiger charge is 2.12. The molecule has 0 spiro atoms. The number of benzene rings is 1. The summed E-state index contributed by atoms with van der Waals surface area (Å²) >= 11 is 1.63. The van der Waals surface area contributed by atoms with Gasteiger partial charge in [0.15, 0.2) is 0 Å². The van der Waals surface area contributed by atoms with Crippen LogP contribution in [0.3, 0.4) is 0 Å². The molecule has 3 heteroatoms. The molecule has 1 heterocycles. The van der Waals surface area contributed by atoms with Crippen LogP contribution < -0.4 is 5.73 Å². The molecule has 0 bridgehead atoms. The van der Waals surface area contributed by atoms with Gasteiger partial charge in [0.05, 0.1) is 5.51 Å². The van der Waals surface area contributed by atoms with Gasteiger partial charge in [-0.2, -0.15) is 0 Å². The van der Waals surface area contributed by atoms with Crippen molar-refractivity contribution in [2.24, 2.45) is 5.73 Å². The second-order valence-electron chi connectivity index (χ2n) is 4.59. The van der Waals surface area contributed by atoms with Crippen LogP contribution in [0.15, 0.2) is 23.8 Å². The summed E-state index contributed by atoms with van der Waals surface area (Å²) in [6, 6.07) is 4.51. The highest BCUT2D eigenvalue weighted by atomic mass is 32.1. The van der Waals surface area contributed by atoms with Crippen molar-refractivity contribution in [2.75, 3.05) is 0 Å². The van der Waals surface area contributed by atoms with Gasteiger partial charge in [0.2, 0.25) is 0 Å². The predicted octanol–water partition coefficient (Wildman–Crippen LogP) is 3.31. The van der Waals surface area contributed by atoms with Gasteiger partial charge in [-0.3, -0.25) is 4.98 Å². The van der Waals surface area contributed by atoms with E-state index in [4.69, 9.17) is 5.73 Å². The largest absolute Gasteiger partial charge is 0.323 e. The van der Waals surface area contributed by atoms with E-state index < -0.39 is 0 Å². The maximum atomic E-state index is 6.22. The molecule has 0 amide bonds. The zero-order valence-electron chi connectivity index (χ0n) is 10.5. The molecule has 0 saturated carbocycles. The standard InChI is InChI=1S/C14H18N2S/c1-9-4-10(2)12(11(3)5-9)6-13(15)14-7-16-8-17-14/h4-5,7-8,13H,6,15H2,1-3H3. The lowest BCUT2D eigenvalue weighted by atomic mass is 9.94. The molecule has 1 atom stereocenters. The van der Waals surface area contributed by atoms with Gasteiger partial charge >= 0.3 is 0 Å². The lowest BCUT2D eigenvalue weighted by molar-refractivity contribution is 0.727. The normalized spacial score (nSPS) is 12.7. The number of nitrogens with two attached hydrogens (primary N) is 1. The minimum Gasteiger partial charge on any atom is -0.323 e. The Hall–Kier alpha value is -1.19. The average molecular weight is 246 g/mol. The van der Waals surface area contributed by atoms with Crippen molar-refractivity contribution >= 4 is 11.3 Å². The Morgan fingerprint density at radius 3 is 2.41 bits per heavy atom. The van der Waals surface area contributed by atoms with Crippen LogP contribution in [-0.2, 0) is 6.42 Å². The fourth-order valence-corrected chi connectivity index (χ4v) is 2.88. The third-order valence-corrected chi connectivity index (χ3v) is 3.99. The Morgan fingerprint density at radius 2 is 1.88 bits per heavy atom. The highest BCUT2D eigenvalue weighted by molar-refractivity contribution is 7.09. The minimum atomic E-state index is 0.0580. The molecule has 0 aliphatic carbocycles. The monoisotopic (exact) mass is 246 g/mol. The average Bonchev–Trinajstić information content (AvgIpc) is 2.76. The van der Waals surface area contributed by atoms with Crippen LogP contribution in [0.1, 0.15) is 33.2 Å². The van der Waals surface area contributed by atoms with Crippen LogP contribution in [0, 0.1) is 20.8 Å². The first kappa shape index (κ1) is 12.3. The lowest BCUT2D eigenvalue weighted by Gasteiger charge is -2.15. The molecule has 2 aromatic rings. The molecule has 1 unspecified atom stereocenters. The molecule has 2 rings (SSSR count). The minimum absolute atomic E-state index is 0.0580. The predicted molar refractivity (Wildman–Crippen MR) is 73.4 cm³/mol. The van der Waals surface area contributed by atoms with Crippen molar-refractivity contribution in [1.82, 2.24) is 4.98 Å². The summed E-state index contributed by atoms with van der Waals surface area (Å²) in [7, 11) is 0. The van der Waals surface area contributed by atoms with Crippen LogP contribution in [0.25, 0.3) is 0 Å². The van der Waals surface area contributed by atoms with Crippen LogP contribution >= 0.6 is 11.3 Å². The van der Waals surface area contributed by atoms with Gasteiger partial charge in [0, 0.05) is 17.1 Å². The topological polar surface area (TPSA) is 38.9 Å². The maximum absolute atomic E-state index is 6.22. The van der Waals surface area contributed by atoms with Crippen molar-refractivity contribution < 1.29 is 0 Å². The van der Waals surface area contributed by atoms with E-state index in [0.717, 1.165) is 11.3 Å². The Morgan fingerprint density at radius 1 is 1.24 bits per heavy atom. The molecule has 1 aromatic carbocycles. The fraction of sp³-hybridized carbons (Fsp3) is 0.357. The van der Waals surface area contributed by atoms with E-state index in [-0.39, 0.29) is 6.04 Å². The zero-order chi connectivity index (χ0) is 12.4. The molecule has 17 heavy (non-hydrogen) atoms. The number of nitrogens with zero attached hydrogens (tertiary/aromatic N) is 1. The molecule has 0 aliphatic rings. The second kappa shape index (κ2) is 4.98. The first-order valence-corrected chi connectivity index (χ1v) is 6.66. The fourth-order valence-electron chi connectivity index (χ4n) is 2.26. The summed E-state index contributed by atoms with van der Waals surface area (Å²) in [5.41, 5.74) is 13.4. The Balaban J connectivity index is 2.25. The molecule has 1 aromatic heterocycles. The van der Waals surface area contributed by atoms with Crippen molar-refractivity contribution in [2.45, 2.75) is 33.2 Å². The van der Waals surface area contributed by atoms with E-state index in [2.05, 4.69) is 37.9 Å². The van der Waals surface area contributed by atoms with Gasteiger partial charge in [0.25, 0.3) is 0 Å². The van der Waals surface area contributed by atoms with Crippen molar-refractivity contribution in [3.63, 3.8) is 0 Å². The molecule has 0 saturated heterocycles. The van der Waals surface area contributed by atoms with Crippen molar-refractivity contribution in [1.29, 1.82) is 0 Å². The number of hydrogen-bond donors (Lipinski definition) is 1. The molecular weight excluding hydrogens is 228 g/mol. The first-order valence-electron chi connectivity index (χ1n) is 5.78. The summed E-state index contributed by atoms with van der Waals surface area (Å²) < 4.78 is 0. The van der Waals surface area contributed by atoms with Gasteiger partial charge in [-0.25, -0.2) is 0 Å². The summed E-state index contributed by atoms with van der Waals surface area (Å²) in [4.78, 5) is 5.24. The SMILES string of the molecule is Cc1cc(C)c(CC(N)c2cncs2)c(C)c1. The number of aromatic nitrogens is 1. The summed E-state index contributed by atoms with van der Waals surface area (Å²) in [5, 5.41) is 0. The smallest absolute Gasteiger partial charge is 0.0794 e. The van der Waals surface area contributed by atoms with Crippen LogP contribution in [0.4, 0.5) is 0 Å². The Labute approximate surface area is 107 Å². The molecule has 90 valence electrons. The van der Waals surface area contributed by atoms with Gasteiger partial charge < -0.3 is 5.73 Å². The number of thiazole rings is 1. The second-order valence-corrected chi connectivity index (χ2v) is 5.51. The van der Waals surface area contributed by atoms with Gasteiger partial charge in [-0.1, -0.05) is 17.7 Å². The third kappa shape index (κ3) is 2.73. The van der Waals surface area contributed by atoms with Crippen LogP contribution in [-0.4, -0.2) is 4.98 Å². The van der Waals surface area contributed by atoms with Gasteiger partial charge in [0.1, 0.15) is 0 Å². The van der Waals surface area contributed by atoms with E-state index in [1.165, 1.54) is 22.3 Å². The number of rotatable bonds is 3. The van der Waals surface area contributed by atoms with E-state index in [9.17, 15) is 0 Å². The molecule has 0 fully saturated rings. The molecule has 0 radical (unpaired) electrons. The van der Waals surface area contributed by atoms with Crippen molar-refractivity contribution in [3.05, 3.63) is 51.0 Å². The lowest BCUT2D eigenvalue weighted by Crippen LogP contribution is -2.13. The van der Waals surface area contributed by atoms with E-state index in [1.807, 2.05) is 11.7 Å². The quantitative estimate of drug-likeness (QED) is 0.902. The summed E-state index contributed by atoms with van der Waals surface area (Å²) in [6.07, 6.45) is 2.76. The highest BCUT2D eigenvalue weighted by Crippen LogP contribution is 2.24. The van der Waals surface area contributed by atoms with Gasteiger partial charge in [-0.15, -0.1) is 11.3 Å². The number of aryl methyl sites for hydroxylation is 3. The summed E-state index contributed by atoms with van der Waals surface area (Å²) in [6.45, 7) is 6.45. The van der Waals surface area contributed by atoms with Crippen molar-refractivity contribution in [3.8, 4) is 0 Å². The van der Waals surface area contributed by atoms with Crippen LogP contribution in [0.2, 0.25) is 0 Å². The third-order valence-electron chi connectivity index (χ3n) is 3.08. The van der Waals surface area contributed by atoms with E-state index >= 15 is 0 Å². The molecule has 2 nitrogen and oxygen atoms in total. The summed E-state index contributed by atoms with van der Waals surface area (Å²) in [5.74, 6) is 0. The molecule has 0 aliphatic heterocycles. The maximum Gasteiger partial charge on any atom is 0.0794 e. The van der Waals surface area contributed by atoms with E-state index in [1.54, 1.807) is 11.3 Å². The zero-order valence-corrected chi connectivity index (χ0v) is 11.3. The molecule has 2 N–H and O–H groups in total. The Bertz CT molecular complexity index is 480. The number of hydrogen-bond acceptors (Lipinski definition) is 3. The Kier molecular flexibility index (Phi) is 3.60. The first-order chi connectivity index (χ1) is 8.08. The van der Waals surface area contributed by atoms with E-state index in [0.29, 0.717) is 0 Å². The van der Waals surface area contributed by atoms with Gasteiger partial charge in [-0.05, 0) is 43.9 Å².